The molecule has 5 unspecified atom stereocenters. The standard InChI is InChI=1S/C16H24N2O/c1-2-15-12(8-9-19-15)16(18-17)14-10-13(14)11-6-4-3-5-7-11/h3-7,12-16,18H,2,8-10,17H2,1H3. The van der Waals surface area contributed by atoms with Crippen LogP contribution in [0, 0.1) is 11.8 Å². The molecule has 1 saturated carbocycles. The van der Waals surface area contributed by atoms with Crippen LogP contribution in [0.25, 0.3) is 0 Å². The SMILES string of the molecule is CCC1OCCC1C(NN)C1CC1c1ccccc1. The van der Waals surface area contributed by atoms with Crippen molar-refractivity contribution >= 4 is 0 Å². The van der Waals surface area contributed by atoms with E-state index in [1.165, 1.54) is 12.0 Å². The molecular weight excluding hydrogens is 236 g/mol. The summed E-state index contributed by atoms with van der Waals surface area (Å²) in [6.07, 6.45) is 3.88. The zero-order valence-electron chi connectivity index (χ0n) is 11.6. The Kier molecular flexibility index (Phi) is 3.87. The maximum atomic E-state index is 5.85. The minimum absolute atomic E-state index is 0.387. The Balaban J connectivity index is 1.68. The summed E-state index contributed by atoms with van der Waals surface area (Å²) >= 11 is 0. The van der Waals surface area contributed by atoms with Crippen LogP contribution in [-0.4, -0.2) is 18.8 Å². The Morgan fingerprint density at radius 3 is 2.79 bits per heavy atom. The van der Waals surface area contributed by atoms with Gasteiger partial charge in [-0.25, -0.2) is 0 Å². The van der Waals surface area contributed by atoms with Gasteiger partial charge in [0.15, 0.2) is 0 Å². The van der Waals surface area contributed by atoms with Crippen molar-refractivity contribution in [2.45, 2.75) is 44.2 Å². The van der Waals surface area contributed by atoms with Gasteiger partial charge in [0.2, 0.25) is 0 Å². The lowest BCUT2D eigenvalue weighted by Crippen LogP contribution is -2.45. The van der Waals surface area contributed by atoms with Crippen LogP contribution in [0.15, 0.2) is 30.3 Å². The van der Waals surface area contributed by atoms with Gasteiger partial charge in [0.05, 0.1) is 6.10 Å². The quantitative estimate of drug-likeness (QED) is 0.631. The van der Waals surface area contributed by atoms with Crippen molar-refractivity contribution in [3.63, 3.8) is 0 Å². The van der Waals surface area contributed by atoms with E-state index in [0.29, 0.717) is 29.9 Å². The molecule has 0 bridgehead atoms. The highest BCUT2D eigenvalue weighted by atomic mass is 16.5. The Bertz CT molecular complexity index is 408. The first-order valence-corrected chi connectivity index (χ1v) is 7.47. The zero-order valence-corrected chi connectivity index (χ0v) is 11.6. The molecule has 1 aromatic rings. The Morgan fingerprint density at radius 2 is 2.11 bits per heavy atom. The van der Waals surface area contributed by atoms with Crippen LogP contribution in [0.1, 0.15) is 37.7 Å². The number of nitrogens with one attached hydrogen (secondary N) is 1. The van der Waals surface area contributed by atoms with Gasteiger partial charge in [-0.2, -0.15) is 0 Å². The highest BCUT2D eigenvalue weighted by molar-refractivity contribution is 5.27. The maximum Gasteiger partial charge on any atom is 0.0617 e. The first-order valence-electron chi connectivity index (χ1n) is 7.47. The number of hydrogen-bond donors (Lipinski definition) is 2. The number of hydrogen-bond acceptors (Lipinski definition) is 3. The van der Waals surface area contributed by atoms with E-state index in [0.717, 1.165) is 19.4 Å². The first-order chi connectivity index (χ1) is 9.35. The molecule has 0 spiro atoms. The van der Waals surface area contributed by atoms with Gasteiger partial charge in [0.1, 0.15) is 0 Å². The van der Waals surface area contributed by atoms with E-state index < -0.39 is 0 Å². The molecule has 1 aromatic carbocycles. The van der Waals surface area contributed by atoms with Crippen LogP contribution >= 0.6 is 0 Å². The van der Waals surface area contributed by atoms with Crippen LogP contribution in [0.5, 0.6) is 0 Å². The van der Waals surface area contributed by atoms with Gasteiger partial charge in [-0.15, -0.1) is 0 Å². The van der Waals surface area contributed by atoms with Crippen LogP contribution in [0.3, 0.4) is 0 Å². The molecule has 1 saturated heterocycles. The molecule has 2 fully saturated rings. The lowest BCUT2D eigenvalue weighted by atomic mass is 9.87. The topological polar surface area (TPSA) is 47.3 Å². The second-order valence-electron chi connectivity index (χ2n) is 5.88. The smallest absolute Gasteiger partial charge is 0.0617 e. The molecule has 3 nitrogen and oxygen atoms in total. The Morgan fingerprint density at radius 1 is 1.32 bits per heavy atom. The second kappa shape index (κ2) is 5.61. The molecule has 0 radical (unpaired) electrons. The highest BCUT2D eigenvalue weighted by Gasteiger charge is 2.48. The molecule has 0 aromatic heterocycles. The first kappa shape index (κ1) is 13.1. The van der Waals surface area contributed by atoms with E-state index in [-0.39, 0.29) is 0 Å². The van der Waals surface area contributed by atoms with E-state index in [9.17, 15) is 0 Å². The fourth-order valence-corrected chi connectivity index (χ4v) is 3.76. The number of hydrazine groups is 1. The third-order valence-corrected chi connectivity index (χ3v) is 4.85. The monoisotopic (exact) mass is 260 g/mol. The third-order valence-electron chi connectivity index (χ3n) is 4.85. The average molecular weight is 260 g/mol. The highest BCUT2D eigenvalue weighted by Crippen LogP contribution is 2.52. The lowest BCUT2D eigenvalue weighted by Gasteiger charge is -2.27. The molecular formula is C16H24N2O. The molecule has 3 N–H and O–H groups in total. The minimum Gasteiger partial charge on any atom is -0.378 e. The van der Waals surface area contributed by atoms with Crippen molar-refractivity contribution in [1.82, 2.24) is 5.43 Å². The third kappa shape index (κ3) is 2.55. The van der Waals surface area contributed by atoms with E-state index >= 15 is 0 Å². The summed E-state index contributed by atoms with van der Waals surface area (Å²) in [5, 5.41) is 0. The largest absolute Gasteiger partial charge is 0.378 e. The summed E-state index contributed by atoms with van der Waals surface area (Å²) < 4.78 is 5.82. The molecule has 3 heteroatoms. The van der Waals surface area contributed by atoms with Gasteiger partial charge in [-0.1, -0.05) is 37.3 Å². The van der Waals surface area contributed by atoms with E-state index in [1.54, 1.807) is 0 Å². The molecule has 2 aliphatic rings. The zero-order chi connectivity index (χ0) is 13.2. The van der Waals surface area contributed by atoms with E-state index in [4.69, 9.17) is 10.6 Å². The van der Waals surface area contributed by atoms with Crippen LogP contribution in [-0.2, 0) is 4.74 Å². The fourth-order valence-electron chi connectivity index (χ4n) is 3.76. The van der Waals surface area contributed by atoms with E-state index in [2.05, 4.69) is 42.7 Å². The van der Waals surface area contributed by atoms with E-state index in [1.807, 2.05) is 0 Å². The van der Waals surface area contributed by atoms with Gasteiger partial charge in [0.25, 0.3) is 0 Å². The second-order valence-corrected chi connectivity index (χ2v) is 5.88. The normalized spacial score (nSPS) is 35.3. The van der Waals surface area contributed by atoms with Crippen molar-refractivity contribution in [2.24, 2.45) is 17.7 Å². The molecule has 19 heavy (non-hydrogen) atoms. The summed E-state index contributed by atoms with van der Waals surface area (Å²) in [5.74, 6) is 7.78. The van der Waals surface area contributed by atoms with Crippen molar-refractivity contribution in [3.8, 4) is 0 Å². The predicted octanol–water partition coefficient (Wildman–Crippen LogP) is 2.44. The molecule has 1 aliphatic heterocycles. The summed E-state index contributed by atoms with van der Waals surface area (Å²) in [4.78, 5) is 0. The summed E-state index contributed by atoms with van der Waals surface area (Å²) in [6.45, 7) is 3.10. The number of nitrogens with two attached hydrogens (primary N) is 1. The van der Waals surface area contributed by atoms with Crippen molar-refractivity contribution in [3.05, 3.63) is 35.9 Å². The van der Waals surface area contributed by atoms with Crippen LogP contribution in [0.4, 0.5) is 0 Å². The van der Waals surface area contributed by atoms with Gasteiger partial charge in [-0.3, -0.25) is 11.3 Å². The average Bonchev–Trinajstić information content (AvgIpc) is 3.10. The molecule has 1 aliphatic carbocycles. The van der Waals surface area contributed by atoms with Crippen LogP contribution < -0.4 is 11.3 Å². The Labute approximate surface area is 115 Å². The van der Waals surface area contributed by atoms with Crippen molar-refractivity contribution < 1.29 is 4.74 Å². The summed E-state index contributed by atoms with van der Waals surface area (Å²) in [5.41, 5.74) is 4.55. The lowest BCUT2D eigenvalue weighted by molar-refractivity contribution is 0.0746. The fraction of sp³-hybridized carbons (Fsp3) is 0.625. The molecule has 0 amide bonds. The minimum atomic E-state index is 0.387. The van der Waals surface area contributed by atoms with Crippen molar-refractivity contribution in [2.75, 3.05) is 6.61 Å². The maximum absolute atomic E-state index is 5.85. The summed E-state index contributed by atoms with van der Waals surface area (Å²) in [6, 6.07) is 11.2. The molecule has 5 atom stereocenters. The number of rotatable bonds is 5. The van der Waals surface area contributed by atoms with Gasteiger partial charge >= 0.3 is 0 Å². The Hall–Kier alpha value is -0.900. The number of ether oxygens (including phenoxy) is 1. The summed E-state index contributed by atoms with van der Waals surface area (Å²) in [7, 11) is 0. The van der Waals surface area contributed by atoms with Gasteiger partial charge < -0.3 is 4.74 Å². The van der Waals surface area contributed by atoms with Gasteiger partial charge in [-0.05, 0) is 36.7 Å². The number of benzene rings is 1. The molecule has 1 heterocycles. The van der Waals surface area contributed by atoms with Gasteiger partial charge in [0, 0.05) is 18.6 Å². The van der Waals surface area contributed by atoms with Crippen molar-refractivity contribution in [1.29, 1.82) is 0 Å². The van der Waals surface area contributed by atoms with Crippen LogP contribution in [0.2, 0.25) is 0 Å². The molecule has 3 rings (SSSR count). The predicted molar refractivity (Wildman–Crippen MR) is 76.5 cm³/mol. The molecule has 104 valence electrons.